The molecule has 1 aromatic heterocycles. The fourth-order valence-electron chi connectivity index (χ4n) is 2.49. The van der Waals surface area contributed by atoms with E-state index in [9.17, 15) is 0 Å². The molecule has 0 aliphatic carbocycles. The first-order valence-corrected chi connectivity index (χ1v) is 7.44. The number of hydrogen-bond acceptors (Lipinski definition) is 4. The molecule has 2 unspecified atom stereocenters. The Labute approximate surface area is 108 Å². The number of nitrogens with zero attached hydrogens (tertiary/aromatic N) is 2. The van der Waals surface area contributed by atoms with Crippen LogP contribution in [0.1, 0.15) is 31.0 Å². The molecule has 0 aromatic carbocycles. The van der Waals surface area contributed by atoms with E-state index in [-0.39, 0.29) is 0 Å². The summed E-state index contributed by atoms with van der Waals surface area (Å²) in [6.07, 6.45) is 1.25. The molecule has 0 spiro atoms. The van der Waals surface area contributed by atoms with Gasteiger partial charge in [-0.15, -0.1) is 11.3 Å². The summed E-state index contributed by atoms with van der Waals surface area (Å²) >= 11 is 1.75. The highest BCUT2D eigenvalue weighted by Crippen LogP contribution is 2.19. The Morgan fingerprint density at radius 1 is 1.65 bits per heavy atom. The van der Waals surface area contributed by atoms with Crippen molar-refractivity contribution in [1.29, 1.82) is 0 Å². The smallest absolute Gasteiger partial charge is 0.0897 e. The first-order valence-electron chi connectivity index (χ1n) is 6.56. The molecule has 1 aliphatic rings. The SMILES string of the molecule is CCC(C)C1CNCCN1Cc1csc(C)n1. The maximum absolute atomic E-state index is 4.58. The minimum absolute atomic E-state index is 0.663. The van der Waals surface area contributed by atoms with Crippen LogP contribution in [0, 0.1) is 12.8 Å². The van der Waals surface area contributed by atoms with Gasteiger partial charge in [0.05, 0.1) is 10.7 Å². The molecule has 1 aromatic rings. The summed E-state index contributed by atoms with van der Waals surface area (Å²) in [6.45, 7) is 11.1. The Morgan fingerprint density at radius 2 is 2.47 bits per heavy atom. The fraction of sp³-hybridized carbons (Fsp3) is 0.769. The van der Waals surface area contributed by atoms with Crippen LogP contribution in [0.4, 0.5) is 0 Å². The molecule has 0 radical (unpaired) electrons. The Hall–Kier alpha value is -0.450. The summed E-state index contributed by atoms with van der Waals surface area (Å²) < 4.78 is 0. The van der Waals surface area contributed by atoms with Gasteiger partial charge < -0.3 is 5.32 Å². The number of rotatable bonds is 4. The highest BCUT2D eigenvalue weighted by Gasteiger charge is 2.26. The molecule has 0 amide bonds. The molecule has 0 saturated carbocycles. The van der Waals surface area contributed by atoms with Crippen LogP contribution in [-0.2, 0) is 6.54 Å². The van der Waals surface area contributed by atoms with Gasteiger partial charge >= 0.3 is 0 Å². The van der Waals surface area contributed by atoms with E-state index >= 15 is 0 Å². The van der Waals surface area contributed by atoms with Crippen LogP contribution in [-0.4, -0.2) is 35.6 Å². The number of thiazole rings is 1. The largest absolute Gasteiger partial charge is 0.314 e. The first kappa shape index (κ1) is 13.0. The zero-order valence-corrected chi connectivity index (χ0v) is 11.9. The van der Waals surface area contributed by atoms with Crippen molar-refractivity contribution < 1.29 is 0 Å². The molecule has 2 atom stereocenters. The molecule has 2 heterocycles. The van der Waals surface area contributed by atoms with Crippen LogP contribution < -0.4 is 5.32 Å². The van der Waals surface area contributed by atoms with Gasteiger partial charge in [0.15, 0.2) is 0 Å². The van der Waals surface area contributed by atoms with Gasteiger partial charge in [0.1, 0.15) is 0 Å². The maximum Gasteiger partial charge on any atom is 0.0897 e. The van der Waals surface area contributed by atoms with E-state index in [2.05, 4.69) is 41.4 Å². The van der Waals surface area contributed by atoms with Crippen LogP contribution in [0.5, 0.6) is 0 Å². The Balaban J connectivity index is 2.01. The van der Waals surface area contributed by atoms with E-state index in [1.807, 2.05) is 0 Å². The average molecular weight is 253 g/mol. The average Bonchev–Trinajstić information content (AvgIpc) is 2.74. The van der Waals surface area contributed by atoms with Crippen molar-refractivity contribution in [2.75, 3.05) is 19.6 Å². The predicted octanol–water partition coefficient (Wildman–Crippen LogP) is 2.27. The monoisotopic (exact) mass is 253 g/mol. The van der Waals surface area contributed by atoms with E-state index in [0.29, 0.717) is 6.04 Å². The second-order valence-corrected chi connectivity index (χ2v) is 6.05. The molecule has 0 bridgehead atoms. The van der Waals surface area contributed by atoms with Crippen molar-refractivity contribution in [2.24, 2.45) is 5.92 Å². The number of piperazine rings is 1. The van der Waals surface area contributed by atoms with Crippen LogP contribution >= 0.6 is 11.3 Å². The lowest BCUT2D eigenvalue weighted by atomic mass is 9.96. The van der Waals surface area contributed by atoms with Gasteiger partial charge in [-0.2, -0.15) is 0 Å². The lowest BCUT2D eigenvalue weighted by Crippen LogP contribution is -2.53. The molecule has 2 rings (SSSR count). The Morgan fingerprint density at radius 3 is 3.12 bits per heavy atom. The summed E-state index contributed by atoms with van der Waals surface area (Å²) in [4.78, 5) is 7.18. The predicted molar refractivity (Wildman–Crippen MR) is 73.4 cm³/mol. The van der Waals surface area contributed by atoms with Crippen molar-refractivity contribution in [2.45, 2.75) is 39.8 Å². The lowest BCUT2D eigenvalue weighted by molar-refractivity contribution is 0.108. The first-order chi connectivity index (χ1) is 8.20. The zero-order chi connectivity index (χ0) is 12.3. The van der Waals surface area contributed by atoms with Crippen LogP contribution in [0.3, 0.4) is 0 Å². The molecule has 1 aliphatic heterocycles. The van der Waals surface area contributed by atoms with Gasteiger partial charge in [-0.3, -0.25) is 4.90 Å². The third-order valence-corrected chi connectivity index (χ3v) is 4.55. The van der Waals surface area contributed by atoms with Crippen molar-refractivity contribution in [3.63, 3.8) is 0 Å². The third-order valence-electron chi connectivity index (χ3n) is 3.73. The summed E-state index contributed by atoms with van der Waals surface area (Å²) in [5.74, 6) is 0.752. The standard InChI is InChI=1S/C13H23N3S/c1-4-10(2)13-7-14-5-6-16(13)8-12-9-17-11(3)15-12/h9-10,13-14H,4-8H2,1-3H3. The second kappa shape index (κ2) is 5.94. The third kappa shape index (κ3) is 3.27. The van der Waals surface area contributed by atoms with Crippen LogP contribution in [0.25, 0.3) is 0 Å². The minimum atomic E-state index is 0.663. The number of aromatic nitrogens is 1. The summed E-state index contributed by atoms with van der Waals surface area (Å²) in [5.41, 5.74) is 1.24. The van der Waals surface area contributed by atoms with Crippen LogP contribution in [0.15, 0.2) is 5.38 Å². The highest BCUT2D eigenvalue weighted by atomic mass is 32.1. The molecule has 17 heavy (non-hydrogen) atoms. The van der Waals surface area contributed by atoms with Gasteiger partial charge in [-0.05, 0) is 12.8 Å². The van der Waals surface area contributed by atoms with Gasteiger partial charge in [0.2, 0.25) is 0 Å². The topological polar surface area (TPSA) is 28.2 Å². The number of aryl methyl sites for hydroxylation is 1. The van der Waals surface area contributed by atoms with Crippen molar-refractivity contribution >= 4 is 11.3 Å². The van der Waals surface area contributed by atoms with Crippen molar-refractivity contribution in [3.05, 3.63) is 16.1 Å². The van der Waals surface area contributed by atoms with Gasteiger partial charge in [-0.25, -0.2) is 4.98 Å². The molecule has 96 valence electrons. The molecule has 1 fully saturated rings. The van der Waals surface area contributed by atoms with E-state index in [0.717, 1.165) is 32.1 Å². The summed E-state index contributed by atoms with van der Waals surface area (Å²) in [7, 11) is 0. The quantitative estimate of drug-likeness (QED) is 0.892. The normalized spacial score (nSPS) is 23.8. The Kier molecular flexibility index (Phi) is 4.54. The second-order valence-electron chi connectivity index (χ2n) is 4.99. The van der Waals surface area contributed by atoms with Crippen molar-refractivity contribution in [3.8, 4) is 0 Å². The summed E-state index contributed by atoms with van der Waals surface area (Å²) in [6, 6.07) is 0.663. The van der Waals surface area contributed by atoms with Gasteiger partial charge in [-0.1, -0.05) is 20.3 Å². The lowest BCUT2D eigenvalue weighted by Gasteiger charge is -2.39. The highest BCUT2D eigenvalue weighted by molar-refractivity contribution is 7.09. The zero-order valence-electron chi connectivity index (χ0n) is 11.1. The van der Waals surface area contributed by atoms with E-state index < -0.39 is 0 Å². The molecule has 1 saturated heterocycles. The Bertz CT molecular complexity index is 350. The fourth-order valence-corrected chi connectivity index (χ4v) is 3.09. The molecule has 3 nitrogen and oxygen atoms in total. The molecular weight excluding hydrogens is 230 g/mol. The molecule has 4 heteroatoms. The van der Waals surface area contributed by atoms with E-state index in [4.69, 9.17) is 0 Å². The van der Waals surface area contributed by atoms with Crippen LogP contribution in [0.2, 0.25) is 0 Å². The van der Waals surface area contributed by atoms with Gasteiger partial charge in [0, 0.05) is 37.6 Å². The number of hydrogen-bond donors (Lipinski definition) is 1. The number of nitrogens with one attached hydrogen (secondary N) is 1. The maximum atomic E-state index is 4.58. The van der Waals surface area contributed by atoms with E-state index in [1.165, 1.54) is 17.1 Å². The summed E-state index contributed by atoms with van der Waals surface area (Å²) in [5, 5.41) is 6.89. The van der Waals surface area contributed by atoms with E-state index in [1.54, 1.807) is 11.3 Å². The minimum Gasteiger partial charge on any atom is -0.314 e. The van der Waals surface area contributed by atoms with Crippen molar-refractivity contribution in [1.82, 2.24) is 15.2 Å². The molecule has 1 N–H and O–H groups in total. The molecular formula is C13H23N3S. The van der Waals surface area contributed by atoms with Gasteiger partial charge in [0.25, 0.3) is 0 Å².